The van der Waals surface area contributed by atoms with Gasteiger partial charge in [0.15, 0.2) is 5.79 Å². The van der Waals surface area contributed by atoms with E-state index >= 15 is 0 Å². The highest BCUT2D eigenvalue weighted by Crippen LogP contribution is 2.20. The molecular formula is C9H13NO2. The molecule has 0 radical (unpaired) electrons. The molecule has 0 aliphatic carbocycles. The highest BCUT2D eigenvalue weighted by atomic mass is 16.7. The maximum absolute atomic E-state index is 5.46. The van der Waals surface area contributed by atoms with Gasteiger partial charge in [-0.15, -0.1) is 6.42 Å². The first kappa shape index (κ1) is 9.24. The second-order valence-corrected chi connectivity index (χ2v) is 3.06. The van der Waals surface area contributed by atoms with E-state index < -0.39 is 5.79 Å². The Morgan fingerprint density at radius 3 is 3.00 bits per heavy atom. The molecule has 1 rings (SSSR count). The summed E-state index contributed by atoms with van der Waals surface area (Å²) in [4.78, 5) is 3.97. The van der Waals surface area contributed by atoms with Gasteiger partial charge in [-0.3, -0.25) is 4.99 Å². The molecule has 1 atom stereocenters. The summed E-state index contributed by atoms with van der Waals surface area (Å²) in [5.41, 5.74) is 0. The van der Waals surface area contributed by atoms with Gasteiger partial charge >= 0.3 is 0 Å². The largest absolute Gasteiger partial charge is 0.347 e. The molecule has 1 saturated heterocycles. The zero-order valence-corrected chi connectivity index (χ0v) is 7.41. The number of terminal acetylenes is 1. The molecule has 1 fully saturated rings. The lowest BCUT2D eigenvalue weighted by Crippen LogP contribution is -2.21. The normalized spacial score (nSPS) is 27.6. The van der Waals surface area contributed by atoms with E-state index in [1.807, 2.05) is 13.8 Å². The van der Waals surface area contributed by atoms with Gasteiger partial charge in [-0.05, 0) is 13.8 Å². The molecule has 0 amide bonds. The fraction of sp³-hybridized carbons (Fsp3) is 0.667. The summed E-state index contributed by atoms with van der Waals surface area (Å²) in [5, 5.41) is 0. The lowest BCUT2D eigenvalue weighted by atomic mass is 10.4. The van der Waals surface area contributed by atoms with Gasteiger partial charge in [0, 0.05) is 6.21 Å². The van der Waals surface area contributed by atoms with E-state index in [0.29, 0.717) is 13.2 Å². The molecule has 0 saturated carbocycles. The summed E-state index contributed by atoms with van der Waals surface area (Å²) in [7, 11) is 0. The molecule has 3 heteroatoms. The lowest BCUT2D eigenvalue weighted by molar-refractivity contribution is -0.130. The lowest BCUT2D eigenvalue weighted by Gasteiger charge is -2.15. The molecule has 66 valence electrons. The maximum Gasteiger partial charge on any atom is 0.163 e. The number of rotatable bonds is 2. The van der Waals surface area contributed by atoms with E-state index in [9.17, 15) is 0 Å². The molecule has 0 N–H and O–H groups in total. The monoisotopic (exact) mass is 167 g/mol. The standard InChI is InChI=1S/C9H13NO2/c1-4-5-10-6-8-7-11-9(2,3)12-8/h1,6,8H,5,7H2,2-3H3/t8-/m0/s1. The predicted octanol–water partition coefficient (Wildman–Crippen LogP) is 0.842. The summed E-state index contributed by atoms with van der Waals surface area (Å²) in [6, 6.07) is 0. The Morgan fingerprint density at radius 2 is 2.50 bits per heavy atom. The number of hydrogen-bond donors (Lipinski definition) is 0. The third kappa shape index (κ3) is 2.65. The van der Waals surface area contributed by atoms with Crippen molar-refractivity contribution in [2.24, 2.45) is 4.99 Å². The van der Waals surface area contributed by atoms with Gasteiger partial charge in [0.25, 0.3) is 0 Å². The predicted molar refractivity (Wildman–Crippen MR) is 47.1 cm³/mol. The number of hydrogen-bond acceptors (Lipinski definition) is 3. The summed E-state index contributed by atoms with van der Waals surface area (Å²) >= 11 is 0. The van der Waals surface area contributed by atoms with Crippen molar-refractivity contribution >= 4 is 6.21 Å². The highest BCUT2D eigenvalue weighted by Gasteiger charge is 2.31. The molecule has 0 spiro atoms. The number of aliphatic imine (C=N–C) groups is 1. The third-order valence-corrected chi connectivity index (χ3v) is 1.48. The molecule has 0 aromatic rings. The van der Waals surface area contributed by atoms with Crippen molar-refractivity contribution in [3.63, 3.8) is 0 Å². The van der Waals surface area contributed by atoms with Gasteiger partial charge in [-0.1, -0.05) is 5.92 Å². The summed E-state index contributed by atoms with van der Waals surface area (Å²) in [5.74, 6) is 1.94. The first-order valence-corrected chi connectivity index (χ1v) is 3.89. The van der Waals surface area contributed by atoms with Crippen LogP contribution in [0, 0.1) is 12.3 Å². The third-order valence-electron chi connectivity index (χ3n) is 1.48. The van der Waals surface area contributed by atoms with Gasteiger partial charge < -0.3 is 9.47 Å². The van der Waals surface area contributed by atoms with Crippen molar-refractivity contribution in [3.8, 4) is 12.3 Å². The van der Waals surface area contributed by atoms with E-state index in [2.05, 4.69) is 10.9 Å². The maximum atomic E-state index is 5.46. The van der Waals surface area contributed by atoms with E-state index in [4.69, 9.17) is 15.9 Å². The summed E-state index contributed by atoms with van der Waals surface area (Å²) in [6.07, 6.45) is 6.69. The minimum atomic E-state index is -0.479. The minimum absolute atomic E-state index is 0.0478. The van der Waals surface area contributed by atoms with Crippen LogP contribution < -0.4 is 0 Å². The first-order valence-electron chi connectivity index (χ1n) is 3.89. The van der Waals surface area contributed by atoms with Gasteiger partial charge in [0.2, 0.25) is 0 Å². The van der Waals surface area contributed by atoms with Crippen LogP contribution in [0.4, 0.5) is 0 Å². The van der Waals surface area contributed by atoms with Gasteiger partial charge in [0.1, 0.15) is 6.10 Å². The van der Waals surface area contributed by atoms with Crippen molar-refractivity contribution in [2.45, 2.75) is 25.7 Å². The van der Waals surface area contributed by atoms with Crippen molar-refractivity contribution in [1.82, 2.24) is 0 Å². The fourth-order valence-corrected chi connectivity index (χ4v) is 1.01. The molecule has 3 nitrogen and oxygen atoms in total. The van der Waals surface area contributed by atoms with Gasteiger partial charge in [-0.25, -0.2) is 0 Å². The van der Waals surface area contributed by atoms with Crippen LogP contribution in [0.25, 0.3) is 0 Å². The topological polar surface area (TPSA) is 30.8 Å². The number of ether oxygens (including phenoxy) is 2. The van der Waals surface area contributed by atoms with Crippen LogP contribution in [0.5, 0.6) is 0 Å². The average molecular weight is 167 g/mol. The fourth-order valence-electron chi connectivity index (χ4n) is 1.01. The quantitative estimate of drug-likeness (QED) is 0.451. The zero-order valence-electron chi connectivity index (χ0n) is 7.41. The molecule has 1 aliphatic heterocycles. The second-order valence-electron chi connectivity index (χ2n) is 3.06. The molecule has 0 unspecified atom stereocenters. The Balaban J connectivity index is 2.34. The van der Waals surface area contributed by atoms with Crippen LogP contribution in [-0.4, -0.2) is 31.3 Å². The molecule has 0 aromatic carbocycles. The Kier molecular flexibility index (Phi) is 2.85. The first-order chi connectivity index (χ1) is 5.64. The molecule has 0 aromatic heterocycles. The van der Waals surface area contributed by atoms with Crippen molar-refractivity contribution < 1.29 is 9.47 Å². The smallest absolute Gasteiger partial charge is 0.163 e. The van der Waals surface area contributed by atoms with Crippen molar-refractivity contribution in [3.05, 3.63) is 0 Å². The minimum Gasteiger partial charge on any atom is -0.347 e. The number of nitrogens with zero attached hydrogens (tertiary/aromatic N) is 1. The molecule has 12 heavy (non-hydrogen) atoms. The van der Waals surface area contributed by atoms with E-state index in [1.165, 1.54) is 0 Å². The molecule has 1 aliphatic rings. The van der Waals surface area contributed by atoms with Crippen LogP contribution in [0.15, 0.2) is 4.99 Å². The van der Waals surface area contributed by atoms with Crippen molar-refractivity contribution in [1.29, 1.82) is 0 Å². The molecule has 1 heterocycles. The van der Waals surface area contributed by atoms with Crippen molar-refractivity contribution in [2.75, 3.05) is 13.2 Å². The highest BCUT2D eigenvalue weighted by molar-refractivity contribution is 5.63. The van der Waals surface area contributed by atoms with E-state index in [0.717, 1.165) is 0 Å². The average Bonchev–Trinajstić information content (AvgIpc) is 2.31. The Morgan fingerprint density at radius 1 is 1.75 bits per heavy atom. The summed E-state index contributed by atoms with van der Waals surface area (Å²) in [6.45, 7) is 4.71. The zero-order chi connectivity index (χ0) is 9.03. The van der Waals surface area contributed by atoms with Crippen LogP contribution in [-0.2, 0) is 9.47 Å². The van der Waals surface area contributed by atoms with Crippen LogP contribution >= 0.6 is 0 Å². The Labute approximate surface area is 72.8 Å². The van der Waals surface area contributed by atoms with Gasteiger partial charge in [-0.2, -0.15) is 0 Å². The van der Waals surface area contributed by atoms with Crippen LogP contribution in [0.3, 0.4) is 0 Å². The second kappa shape index (κ2) is 3.70. The Hall–Kier alpha value is -0.850. The molecular weight excluding hydrogens is 154 g/mol. The summed E-state index contributed by atoms with van der Waals surface area (Å²) < 4.78 is 10.8. The van der Waals surface area contributed by atoms with E-state index in [-0.39, 0.29) is 6.10 Å². The van der Waals surface area contributed by atoms with Crippen LogP contribution in [0.1, 0.15) is 13.8 Å². The van der Waals surface area contributed by atoms with Crippen LogP contribution in [0.2, 0.25) is 0 Å². The SMILES string of the molecule is C#CCN=C[C@H]1COC(C)(C)O1. The molecule has 0 bridgehead atoms. The van der Waals surface area contributed by atoms with Gasteiger partial charge in [0.05, 0.1) is 13.2 Å². The van der Waals surface area contributed by atoms with E-state index in [1.54, 1.807) is 6.21 Å². The Bertz CT molecular complexity index is 215.